The van der Waals surface area contributed by atoms with Gasteiger partial charge in [0.05, 0.1) is 8.07 Å². The molecule has 0 bridgehead atoms. The predicted octanol–water partition coefficient (Wildman–Crippen LogP) is 5.64. The lowest BCUT2D eigenvalue weighted by Gasteiger charge is -2.22. The Kier molecular flexibility index (Phi) is 4.09. The van der Waals surface area contributed by atoms with Gasteiger partial charge in [-0.2, -0.15) is 0 Å². The van der Waals surface area contributed by atoms with Crippen molar-refractivity contribution < 1.29 is 0 Å². The quantitative estimate of drug-likeness (QED) is 0.641. The van der Waals surface area contributed by atoms with Crippen LogP contribution in [0.25, 0.3) is 17.2 Å². The van der Waals surface area contributed by atoms with E-state index in [4.69, 9.17) is 0 Å². The van der Waals surface area contributed by atoms with Gasteiger partial charge in [-0.05, 0) is 35.1 Å². The van der Waals surface area contributed by atoms with Crippen LogP contribution in [-0.2, 0) is 6.42 Å². The summed E-state index contributed by atoms with van der Waals surface area (Å²) >= 11 is 0. The van der Waals surface area contributed by atoms with Gasteiger partial charge in [-0.15, -0.1) is 0 Å². The van der Waals surface area contributed by atoms with Crippen LogP contribution in [0, 0.1) is 0 Å². The third-order valence-corrected chi connectivity index (χ3v) is 6.61. The average Bonchev–Trinajstić information content (AvgIpc) is 2.89. The Labute approximate surface area is 135 Å². The van der Waals surface area contributed by atoms with Crippen LogP contribution in [-0.4, -0.2) is 8.07 Å². The van der Waals surface area contributed by atoms with Crippen LogP contribution in [0.2, 0.25) is 19.6 Å². The van der Waals surface area contributed by atoms with Crippen molar-refractivity contribution in [3.63, 3.8) is 0 Å². The summed E-state index contributed by atoms with van der Waals surface area (Å²) in [5.74, 6) is 0. The summed E-state index contributed by atoms with van der Waals surface area (Å²) in [6, 6.07) is 15.9. The molecule has 114 valence electrons. The molecule has 0 unspecified atom stereocenters. The van der Waals surface area contributed by atoms with Gasteiger partial charge < -0.3 is 0 Å². The highest BCUT2D eigenvalue weighted by Crippen LogP contribution is 2.35. The number of rotatable bonds is 4. The summed E-state index contributed by atoms with van der Waals surface area (Å²) in [5, 5.41) is 1.57. The lowest BCUT2D eigenvalue weighted by atomic mass is 9.97. The van der Waals surface area contributed by atoms with Gasteiger partial charge in [0.2, 0.25) is 0 Å². The molecule has 0 saturated carbocycles. The molecule has 0 radical (unpaired) electrons. The van der Waals surface area contributed by atoms with E-state index in [1.54, 1.807) is 10.8 Å². The molecular formula is C21H26Si. The van der Waals surface area contributed by atoms with E-state index in [1.807, 2.05) is 0 Å². The minimum Gasteiger partial charge on any atom is -0.0656 e. The van der Waals surface area contributed by atoms with Gasteiger partial charge in [-0.3, -0.25) is 0 Å². The van der Waals surface area contributed by atoms with Gasteiger partial charge in [-0.1, -0.05) is 92.3 Å². The topological polar surface area (TPSA) is 0 Å². The molecule has 0 nitrogen and oxygen atoms in total. The summed E-state index contributed by atoms with van der Waals surface area (Å²) in [6.07, 6.45) is 6.06. The van der Waals surface area contributed by atoms with Crippen LogP contribution in [0.1, 0.15) is 30.9 Å². The molecule has 0 amide bonds. The molecular weight excluding hydrogens is 280 g/mol. The second-order valence-corrected chi connectivity index (χ2v) is 12.4. The maximum absolute atomic E-state index is 2.45. The minimum atomic E-state index is -1.35. The fourth-order valence-corrected chi connectivity index (χ4v) is 5.15. The maximum atomic E-state index is 2.45. The Hall–Kier alpha value is -1.60. The molecule has 0 fully saturated rings. The molecule has 0 saturated heterocycles. The highest BCUT2D eigenvalue weighted by atomic mass is 28.3. The molecule has 2 aromatic carbocycles. The van der Waals surface area contributed by atoms with Gasteiger partial charge in [0.15, 0.2) is 0 Å². The van der Waals surface area contributed by atoms with Gasteiger partial charge in [0.25, 0.3) is 0 Å². The molecule has 2 aromatic rings. The second-order valence-electron chi connectivity index (χ2n) is 7.40. The Morgan fingerprint density at radius 1 is 0.909 bits per heavy atom. The zero-order chi connectivity index (χ0) is 15.7. The van der Waals surface area contributed by atoms with Crippen molar-refractivity contribution >= 4 is 19.3 Å². The summed E-state index contributed by atoms with van der Waals surface area (Å²) in [7, 11) is -1.35. The van der Waals surface area contributed by atoms with E-state index in [9.17, 15) is 0 Å². The highest BCUT2D eigenvalue weighted by Gasteiger charge is 2.23. The van der Waals surface area contributed by atoms with Gasteiger partial charge >= 0.3 is 0 Å². The van der Waals surface area contributed by atoms with E-state index >= 15 is 0 Å². The monoisotopic (exact) mass is 306 g/mol. The Bertz CT molecular complexity index is 717. The lowest BCUT2D eigenvalue weighted by molar-refractivity contribution is 0.886. The smallest absolute Gasteiger partial charge is 0.0656 e. The zero-order valence-corrected chi connectivity index (χ0v) is 15.2. The number of fused-ring (bicyclic) bond motifs is 1. The molecule has 0 aromatic heterocycles. The van der Waals surface area contributed by atoms with E-state index < -0.39 is 8.07 Å². The third-order valence-electron chi connectivity index (χ3n) is 4.56. The first-order valence-electron chi connectivity index (χ1n) is 8.42. The van der Waals surface area contributed by atoms with Crippen LogP contribution in [0.4, 0.5) is 0 Å². The molecule has 1 aliphatic carbocycles. The molecule has 0 atom stereocenters. The normalized spacial score (nSPS) is 13.9. The fourth-order valence-electron chi connectivity index (χ4n) is 3.53. The Morgan fingerprint density at radius 3 is 2.36 bits per heavy atom. The first-order chi connectivity index (χ1) is 10.5. The van der Waals surface area contributed by atoms with Crippen molar-refractivity contribution in [1.82, 2.24) is 0 Å². The van der Waals surface area contributed by atoms with E-state index in [1.165, 1.54) is 35.1 Å². The van der Waals surface area contributed by atoms with Crippen molar-refractivity contribution in [3.05, 3.63) is 59.2 Å². The average molecular weight is 307 g/mol. The van der Waals surface area contributed by atoms with Crippen molar-refractivity contribution in [2.75, 3.05) is 0 Å². The summed E-state index contributed by atoms with van der Waals surface area (Å²) in [4.78, 5) is 0. The van der Waals surface area contributed by atoms with E-state index in [2.05, 4.69) is 75.1 Å². The van der Waals surface area contributed by atoms with Crippen molar-refractivity contribution in [2.24, 2.45) is 0 Å². The first-order valence-corrected chi connectivity index (χ1v) is 11.9. The maximum Gasteiger partial charge on any atom is 0.0784 e. The zero-order valence-electron chi connectivity index (χ0n) is 14.2. The molecule has 1 aliphatic rings. The SMILES string of the molecule is CCCC1=Cc2c(cccc2-c2ccccc2[Si](C)(C)C)C1. The second kappa shape index (κ2) is 5.89. The molecule has 0 N–H and O–H groups in total. The Balaban J connectivity index is 2.15. The Morgan fingerprint density at radius 2 is 1.64 bits per heavy atom. The molecule has 3 rings (SSSR count). The molecule has 0 spiro atoms. The molecule has 1 heteroatoms. The highest BCUT2D eigenvalue weighted by molar-refractivity contribution is 6.89. The summed E-state index contributed by atoms with van der Waals surface area (Å²) in [6.45, 7) is 9.58. The standard InChI is InChI=1S/C21H26Si/c1-5-9-16-14-17-10-8-12-18(20(17)15-16)19-11-6-7-13-21(19)22(2,3)4/h6-8,10-13,15H,5,9,14H2,1-4H3. The van der Waals surface area contributed by atoms with E-state index in [0.717, 1.165) is 6.42 Å². The fraction of sp³-hybridized carbons (Fsp3) is 0.333. The van der Waals surface area contributed by atoms with Gasteiger partial charge in [0, 0.05) is 0 Å². The van der Waals surface area contributed by atoms with E-state index in [0.29, 0.717) is 0 Å². The molecule has 22 heavy (non-hydrogen) atoms. The van der Waals surface area contributed by atoms with Crippen molar-refractivity contribution in [3.8, 4) is 11.1 Å². The van der Waals surface area contributed by atoms with Crippen molar-refractivity contribution in [1.29, 1.82) is 0 Å². The summed E-state index contributed by atoms with van der Waals surface area (Å²) in [5.41, 5.74) is 7.45. The molecule has 0 heterocycles. The lowest BCUT2D eigenvalue weighted by Crippen LogP contribution is -2.38. The van der Waals surface area contributed by atoms with Crippen molar-refractivity contribution in [2.45, 2.75) is 45.8 Å². The molecule has 0 aliphatic heterocycles. The minimum absolute atomic E-state index is 1.14. The van der Waals surface area contributed by atoms with Crippen LogP contribution in [0.3, 0.4) is 0 Å². The summed E-state index contributed by atoms with van der Waals surface area (Å²) < 4.78 is 0. The number of allylic oxidation sites excluding steroid dienone is 1. The number of hydrogen-bond acceptors (Lipinski definition) is 0. The largest absolute Gasteiger partial charge is 0.0784 e. The first kappa shape index (κ1) is 15.3. The van der Waals surface area contributed by atoms with Gasteiger partial charge in [0.1, 0.15) is 0 Å². The van der Waals surface area contributed by atoms with Crippen LogP contribution in [0.15, 0.2) is 48.0 Å². The van der Waals surface area contributed by atoms with Crippen LogP contribution >= 0.6 is 0 Å². The van der Waals surface area contributed by atoms with Crippen LogP contribution in [0.5, 0.6) is 0 Å². The van der Waals surface area contributed by atoms with E-state index in [-0.39, 0.29) is 0 Å². The predicted molar refractivity (Wildman–Crippen MR) is 101 cm³/mol. The third kappa shape index (κ3) is 2.82. The van der Waals surface area contributed by atoms with Gasteiger partial charge in [-0.25, -0.2) is 0 Å². The number of benzene rings is 2. The number of hydrogen-bond donors (Lipinski definition) is 0. The van der Waals surface area contributed by atoms with Crippen LogP contribution < -0.4 is 5.19 Å².